The van der Waals surface area contributed by atoms with Gasteiger partial charge in [-0.25, -0.2) is 4.68 Å². The molecule has 1 heterocycles. The van der Waals surface area contributed by atoms with Gasteiger partial charge in [-0.1, -0.05) is 24.3 Å². The zero-order valence-electron chi connectivity index (χ0n) is 15.4. The molecule has 0 radical (unpaired) electrons. The van der Waals surface area contributed by atoms with Crippen molar-refractivity contribution in [2.24, 2.45) is 5.92 Å². The number of carbonyl (C=O) groups is 1. The molecule has 0 bridgehead atoms. The lowest BCUT2D eigenvalue weighted by molar-refractivity contribution is -0.141. The Morgan fingerprint density at radius 2 is 1.92 bits per heavy atom. The topological polar surface area (TPSA) is 88.2 Å². The fourth-order valence-corrected chi connectivity index (χ4v) is 2.97. The van der Waals surface area contributed by atoms with Crippen molar-refractivity contribution in [2.45, 2.75) is 39.7 Å². The van der Waals surface area contributed by atoms with Crippen molar-refractivity contribution in [3.05, 3.63) is 42.0 Å². The molecule has 2 aromatic carbocycles. The van der Waals surface area contributed by atoms with Crippen LogP contribution in [0.15, 0.2) is 36.4 Å². The molecule has 6 nitrogen and oxygen atoms in total. The van der Waals surface area contributed by atoms with Crippen molar-refractivity contribution in [3.8, 4) is 16.9 Å². The third-order valence-corrected chi connectivity index (χ3v) is 4.42. The second kappa shape index (κ2) is 6.44. The molecule has 0 saturated heterocycles. The van der Waals surface area contributed by atoms with Crippen LogP contribution >= 0.6 is 0 Å². The molecular weight excluding hydrogens is 330 g/mol. The number of aromatic nitrogens is 3. The van der Waals surface area contributed by atoms with Gasteiger partial charge in [-0.2, -0.15) is 0 Å². The van der Waals surface area contributed by atoms with E-state index in [2.05, 4.69) is 31.1 Å². The SMILES string of the molecule is CC(Cc1ccc(O)c(-c2ccc3c(c2)nnn3C(C)(C)C)c1)C(=O)O. The smallest absolute Gasteiger partial charge is 0.306 e. The number of carboxylic acid groups (broad SMARTS) is 1. The molecular formula is C20H23N3O3. The summed E-state index contributed by atoms with van der Waals surface area (Å²) in [6.07, 6.45) is 0.408. The summed E-state index contributed by atoms with van der Waals surface area (Å²) >= 11 is 0. The molecule has 0 saturated carbocycles. The number of benzene rings is 2. The van der Waals surface area contributed by atoms with Gasteiger partial charge in [0.1, 0.15) is 11.3 Å². The van der Waals surface area contributed by atoms with Crippen LogP contribution in [0.2, 0.25) is 0 Å². The fraction of sp³-hybridized carbons (Fsp3) is 0.350. The minimum atomic E-state index is -0.833. The molecule has 0 fully saturated rings. The third kappa shape index (κ3) is 3.40. The maximum absolute atomic E-state index is 11.1. The molecule has 26 heavy (non-hydrogen) atoms. The van der Waals surface area contributed by atoms with Crippen LogP contribution in [-0.2, 0) is 16.8 Å². The maximum atomic E-state index is 11.1. The number of fused-ring (bicyclic) bond motifs is 1. The molecule has 0 spiro atoms. The Kier molecular flexibility index (Phi) is 4.44. The van der Waals surface area contributed by atoms with Crippen molar-refractivity contribution < 1.29 is 15.0 Å². The van der Waals surface area contributed by atoms with Crippen LogP contribution in [0.3, 0.4) is 0 Å². The normalized spacial score (nSPS) is 13.1. The van der Waals surface area contributed by atoms with Gasteiger partial charge in [0.2, 0.25) is 0 Å². The van der Waals surface area contributed by atoms with E-state index in [9.17, 15) is 9.90 Å². The highest BCUT2D eigenvalue weighted by atomic mass is 16.4. The monoisotopic (exact) mass is 353 g/mol. The van der Waals surface area contributed by atoms with E-state index in [0.29, 0.717) is 12.0 Å². The van der Waals surface area contributed by atoms with Gasteiger partial charge in [-0.15, -0.1) is 5.10 Å². The van der Waals surface area contributed by atoms with Crippen molar-refractivity contribution in [2.75, 3.05) is 0 Å². The Labute approximate surface area is 152 Å². The molecule has 0 aliphatic heterocycles. The van der Waals surface area contributed by atoms with Gasteiger partial charge in [-0.3, -0.25) is 4.79 Å². The van der Waals surface area contributed by atoms with E-state index in [4.69, 9.17) is 5.11 Å². The highest BCUT2D eigenvalue weighted by Crippen LogP contribution is 2.33. The summed E-state index contributed by atoms with van der Waals surface area (Å²) in [7, 11) is 0. The van der Waals surface area contributed by atoms with E-state index >= 15 is 0 Å². The average molecular weight is 353 g/mol. The second-order valence-corrected chi connectivity index (χ2v) is 7.67. The molecule has 0 aliphatic rings. The minimum Gasteiger partial charge on any atom is -0.507 e. The molecule has 3 rings (SSSR count). The lowest BCUT2D eigenvalue weighted by Crippen LogP contribution is -2.22. The van der Waals surface area contributed by atoms with Crippen LogP contribution in [0.1, 0.15) is 33.3 Å². The van der Waals surface area contributed by atoms with Crippen LogP contribution in [-0.4, -0.2) is 31.2 Å². The Morgan fingerprint density at radius 1 is 1.19 bits per heavy atom. The Balaban J connectivity index is 2.02. The molecule has 3 aromatic rings. The highest BCUT2D eigenvalue weighted by molar-refractivity contribution is 5.83. The summed E-state index contributed by atoms with van der Waals surface area (Å²) in [4.78, 5) is 11.1. The molecule has 136 valence electrons. The van der Waals surface area contributed by atoms with Gasteiger partial charge in [0, 0.05) is 5.56 Å². The number of nitrogens with zero attached hydrogens (tertiary/aromatic N) is 3. The number of aromatic hydroxyl groups is 1. The van der Waals surface area contributed by atoms with E-state index in [-0.39, 0.29) is 11.3 Å². The van der Waals surface area contributed by atoms with Crippen LogP contribution in [0, 0.1) is 5.92 Å². The second-order valence-electron chi connectivity index (χ2n) is 7.67. The van der Waals surface area contributed by atoms with Gasteiger partial charge in [-0.05, 0) is 62.6 Å². The minimum absolute atomic E-state index is 0.152. The van der Waals surface area contributed by atoms with E-state index in [1.165, 1.54) is 0 Å². The molecule has 0 amide bonds. The first-order chi connectivity index (χ1) is 12.2. The van der Waals surface area contributed by atoms with Crippen LogP contribution < -0.4 is 0 Å². The molecule has 1 aromatic heterocycles. The van der Waals surface area contributed by atoms with Gasteiger partial charge >= 0.3 is 5.97 Å². The van der Waals surface area contributed by atoms with Gasteiger partial charge in [0.05, 0.1) is 17.0 Å². The van der Waals surface area contributed by atoms with Gasteiger partial charge in [0.15, 0.2) is 0 Å². The largest absolute Gasteiger partial charge is 0.507 e. The summed E-state index contributed by atoms with van der Waals surface area (Å²) in [6.45, 7) is 7.86. The van der Waals surface area contributed by atoms with Gasteiger partial charge in [0.25, 0.3) is 0 Å². The molecule has 2 N–H and O–H groups in total. The quantitative estimate of drug-likeness (QED) is 0.744. The Morgan fingerprint density at radius 3 is 2.58 bits per heavy atom. The number of hydrogen-bond donors (Lipinski definition) is 2. The Bertz CT molecular complexity index is 970. The number of phenolic OH excluding ortho intramolecular Hbond substituents is 1. The number of phenols is 1. The van der Waals surface area contributed by atoms with Crippen LogP contribution in [0.25, 0.3) is 22.2 Å². The van der Waals surface area contributed by atoms with E-state index < -0.39 is 11.9 Å². The molecule has 6 heteroatoms. The standard InChI is InChI=1S/C20H23N3O3/c1-12(19(25)26)9-13-5-8-18(24)15(10-13)14-6-7-17-16(11-14)21-22-23(17)20(2,3)4/h5-8,10-12,24H,9H2,1-4H3,(H,25,26). The first kappa shape index (κ1) is 17.9. The number of carboxylic acids is 1. The average Bonchev–Trinajstić information content (AvgIpc) is 2.99. The fourth-order valence-electron chi connectivity index (χ4n) is 2.97. The molecule has 1 atom stereocenters. The zero-order chi connectivity index (χ0) is 19.1. The Hall–Kier alpha value is -2.89. The lowest BCUT2D eigenvalue weighted by Gasteiger charge is -2.19. The molecule has 1 unspecified atom stereocenters. The molecule has 0 aliphatic carbocycles. The third-order valence-electron chi connectivity index (χ3n) is 4.42. The number of hydrogen-bond acceptors (Lipinski definition) is 4. The predicted octanol–water partition coefficient (Wildman–Crippen LogP) is 3.82. The van der Waals surface area contributed by atoms with E-state index in [1.54, 1.807) is 19.1 Å². The van der Waals surface area contributed by atoms with Gasteiger partial charge < -0.3 is 10.2 Å². The summed E-state index contributed by atoms with van der Waals surface area (Å²) in [5, 5.41) is 27.9. The van der Waals surface area contributed by atoms with Crippen LogP contribution in [0.5, 0.6) is 5.75 Å². The number of aliphatic carboxylic acids is 1. The summed E-state index contributed by atoms with van der Waals surface area (Å²) < 4.78 is 1.87. The first-order valence-corrected chi connectivity index (χ1v) is 8.58. The summed E-state index contributed by atoms with van der Waals surface area (Å²) in [5.41, 5.74) is 3.85. The van der Waals surface area contributed by atoms with Crippen molar-refractivity contribution in [3.63, 3.8) is 0 Å². The van der Waals surface area contributed by atoms with Crippen molar-refractivity contribution in [1.29, 1.82) is 0 Å². The maximum Gasteiger partial charge on any atom is 0.306 e. The lowest BCUT2D eigenvalue weighted by atomic mass is 9.96. The highest BCUT2D eigenvalue weighted by Gasteiger charge is 2.19. The first-order valence-electron chi connectivity index (χ1n) is 8.58. The summed E-state index contributed by atoms with van der Waals surface area (Å²) in [5.74, 6) is -1.17. The van der Waals surface area contributed by atoms with E-state index in [1.807, 2.05) is 28.9 Å². The van der Waals surface area contributed by atoms with Crippen LogP contribution in [0.4, 0.5) is 0 Å². The van der Waals surface area contributed by atoms with Crippen molar-refractivity contribution >= 4 is 17.0 Å². The zero-order valence-corrected chi connectivity index (χ0v) is 15.4. The van der Waals surface area contributed by atoms with Crippen molar-refractivity contribution in [1.82, 2.24) is 15.0 Å². The van der Waals surface area contributed by atoms with E-state index in [0.717, 1.165) is 22.2 Å². The predicted molar refractivity (Wildman–Crippen MR) is 100 cm³/mol. The number of rotatable bonds is 4. The summed E-state index contributed by atoms with van der Waals surface area (Å²) in [6, 6.07) is 11.0.